The van der Waals surface area contributed by atoms with Gasteiger partial charge in [-0.25, -0.2) is 9.97 Å². The second-order valence-electron chi connectivity index (χ2n) is 6.15. The van der Waals surface area contributed by atoms with E-state index in [0.29, 0.717) is 12.2 Å². The van der Waals surface area contributed by atoms with Crippen LogP contribution in [0.25, 0.3) is 11.2 Å². The molecule has 1 saturated heterocycles. The van der Waals surface area contributed by atoms with Crippen LogP contribution in [-0.4, -0.2) is 33.9 Å². The van der Waals surface area contributed by atoms with Crippen molar-refractivity contribution in [2.24, 2.45) is 5.92 Å². The van der Waals surface area contributed by atoms with Gasteiger partial charge in [-0.2, -0.15) is 0 Å². The van der Waals surface area contributed by atoms with Crippen molar-refractivity contribution in [2.45, 2.75) is 19.4 Å². The number of aromatic nitrogens is 3. The average molecular weight is 353 g/mol. The lowest BCUT2D eigenvalue weighted by atomic mass is 9.95. The number of nitrogens with zero attached hydrogens (tertiary/aromatic N) is 4. The summed E-state index contributed by atoms with van der Waals surface area (Å²) in [6.07, 6.45) is 6.88. The monoisotopic (exact) mass is 353 g/mol. The lowest BCUT2D eigenvalue weighted by Gasteiger charge is -2.32. The van der Waals surface area contributed by atoms with E-state index in [-0.39, 0.29) is 11.8 Å². The first-order valence-corrected chi connectivity index (χ1v) is 9.29. The number of hydrogen-bond acceptors (Lipinski definition) is 6. The van der Waals surface area contributed by atoms with Crippen molar-refractivity contribution >= 4 is 34.1 Å². The Bertz CT molecular complexity index is 859. The van der Waals surface area contributed by atoms with Crippen LogP contribution in [0.5, 0.6) is 0 Å². The Morgan fingerprint density at radius 2 is 2.08 bits per heavy atom. The normalized spacial score (nSPS) is 15.4. The summed E-state index contributed by atoms with van der Waals surface area (Å²) in [5.41, 5.74) is 2.51. The molecule has 4 rings (SSSR count). The van der Waals surface area contributed by atoms with E-state index in [9.17, 15) is 4.79 Å². The molecule has 25 heavy (non-hydrogen) atoms. The van der Waals surface area contributed by atoms with Crippen molar-refractivity contribution in [2.75, 3.05) is 18.0 Å². The summed E-state index contributed by atoms with van der Waals surface area (Å²) in [6, 6.07) is 6.07. The summed E-state index contributed by atoms with van der Waals surface area (Å²) in [5, 5.41) is 5.09. The van der Waals surface area contributed by atoms with Gasteiger partial charge < -0.3 is 10.2 Å². The summed E-state index contributed by atoms with van der Waals surface area (Å²) >= 11 is 1.67. The van der Waals surface area contributed by atoms with Crippen LogP contribution in [0, 0.1) is 5.92 Å². The first-order chi connectivity index (χ1) is 12.3. The number of thiophene rings is 1. The van der Waals surface area contributed by atoms with Crippen LogP contribution in [0.4, 0.5) is 5.69 Å². The van der Waals surface area contributed by atoms with E-state index in [2.05, 4.69) is 25.2 Å². The van der Waals surface area contributed by atoms with E-state index >= 15 is 0 Å². The molecule has 3 aromatic heterocycles. The maximum absolute atomic E-state index is 12.4. The first kappa shape index (κ1) is 16.0. The standard InChI is InChI=1S/C18H19N5OS/c24-18(22-12-15-2-1-9-25-15)13-3-7-23(8-4-13)14-10-16-17(21-11-14)20-6-5-19-16/h1-2,5-6,9-11,13H,3-4,7-8,12H2,(H,22,24). The Morgan fingerprint density at radius 1 is 1.24 bits per heavy atom. The molecule has 1 N–H and O–H groups in total. The number of nitrogens with one attached hydrogen (secondary N) is 1. The number of rotatable bonds is 4. The lowest BCUT2D eigenvalue weighted by Crippen LogP contribution is -2.40. The van der Waals surface area contributed by atoms with Gasteiger partial charge in [-0.1, -0.05) is 6.07 Å². The zero-order valence-corrected chi connectivity index (χ0v) is 14.6. The van der Waals surface area contributed by atoms with Crippen LogP contribution in [0.15, 0.2) is 42.2 Å². The van der Waals surface area contributed by atoms with Crippen LogP contribution in [0.1, 0.15) is 17.7 Å². The fourth-order valence-electron chi connectivity index (χ4n) is 3.15. The number of hydrogen-bond donors (Lipinski definition) is 1. The van der Waals surface area contributed by atoms with Gasteiger partial charge in [-0.05, 0) is 30.4 Å². The number of anilines is 1. The van der Waals surface area contributed by atoms with Crippen LogP contribution in [-0.2, 0) is 11.3 Å². The van der Waals surface area contributed by atoms with Gasteiger partial charge in [0, 0.05) is 36.3 Å². The second-order valence-corrected chi connectivity index (χ2v) is 7.18. The minimum atomic E-state index is 0.0874. The van der Waals surface area contributed by atoms with Crippen LogP contribution in [0.2, 0.25) is 0 Å². The topological polar surface area (TPSA) is 71.0 Å². The van der Waals surface area contributed by atoms with Crippen LogP contribution < -0.4 is 10.2 Å². The van der Waals surface area contributed by atoms with Gasteiger partial charge in [0.25, 0.3) is 0 Å². The zero-order chi connectivity index (χ0) is 17.1. The van der Waals surface area contributed by atoms with E-state index in [1.165, 1.54) is 4.88 Å². The molecule has 3 aromatic rings. The highest BCUT2D eigenvalue weighted by Crippen LogP contribution is 2.24. The summed E-state index contributed by atoms with van der Waals surface area (Å²) in [5.74, 6) is 0.250. The molecular formula is C18H19N5OS. The molecule has 4 heterocycles. The highest BCUT2D eigenvalue weighted by atomic mass is 32.1. The molecular weight excluding hydrogens is 334 g/mol. The number of carbonyl (C=O) groups is 1. The third-order valence-electron chi connectivity index (χ3n) is 4.56. The van der Waals surface area contributed by atoms with E-state index < -0.39 is 0 Å². The molecule has 0 aromatic carbocycles. The van der Waals surface area contributed by atoms with E-state index in [4.69, 9.17) is 0 Å². The third kappa shape index (κ3) is 3.61. The number of amides is 1. The van der Waals surface area contributed by atoms with Gasteiger partial charge in [-0.15, -0.1) is 11.3 Å². The van der Waals surface area contributed by atoms with E-state index in [0.717, 1.165) is 37.1 Å². The van der Waals surface area contributed by atoms with E-state index in [1.807, 2.05) is 29.8 Å². The van der Waals surface area contributed by atoms with Crippen LogP contribution in [0.3, 0.4) is 0 Å². The van der Waals surface area contributed by atoms with Crippen LogP contribution >= 0.6 is 11.3 Å². The number of pyridine rings is 1. The summed E-state index contributed by atoms with van der Waals surface area (Å²) in [4.78, 5) is 28.7. The first-order valence-electron chi connectivity index (χ1n) is 8.41. The van der Waals surface area contributed by atoms with Crippen molar-refractivity contribution in [1.29, 1.82) is 0 Å². The Hall–Kier alpha value is -2.54. The maximum Gasteiger partial charge on any atom is 0.223 e. The van der Waals surface area contributed by atoms with Crippen molar-refractivity contribution in [3.05, 3.63) is 47.0 Å². The maximum atomic E-state index is 12.4. The molecule has 0 atom stereocenters. The van der Waals surface area contributed by atoms with Crippen molar-refractivity contribution < 1.29 is 4.79 Å². The molecule has 1 aliphatic heterocycles. The van der Waals surface area contributed by atoms with Crippen molar-refractivity contribution in [1.82, 2.24) is 20.3 Å². The van der Waals surface area contributed by atoms with Crippen molar-refractivity contribution in [3.8, 4) is 0 Å². The SMILES string of the molecule is O=C(NCc1cccs1)C1CCN(c2cnc3nccnc3c2)CC1. The predicted octanol–water partition coefficient (Wildman–Crippen LogP) is 2.62. The van der Waals surface area contributed by atoms with E-state index in [1.54, 1.807) is 23.7 Å². The molecule has 128 valence electrons. The van der Waals surface area contributed by atoms with Gasteiger partial charge in [0.2, 0.25) is 5.91 Å². The molecule has 1 aliphatic rings. The fourth-order valence-corrected chi connectivity index (χ4v) is 3.80. The highest BCUT2D eigenvalue weighted by Gasteiger charge is 2.25. The molecule has 0 spiro atoms. The smallest absolute Gasteiger partial charge is 0.223 e. The Kier molecular flexibility index (Phi) is 4.56. The Balaban J connectivity index is 1.34. The molecule has 1 fully saturated rings. The minimum absolute atomic E-state index is 0.0874. The molecule has 0 unspecified atom stereocenters. The third-order valence-corrected chi connectivity index (χ3v) is 5.43. The van der Waals surface area contributed by atoms with Crippen molar-refractivity contribution in [3.63, 3.8) is 0 Å². The quantitative estimate of drug-likeness (QED) is 0.781. The van der Waals surface area contributed by atoms with Gasteiger partial charge >= 0.3 is 0 Å². The second kappa shape index (κ2) is 7.14. The molecule has 0 saturated carbocycles. The molecule has 6 nitrogen and oxygen atoms in total. The summed E-state index contributed by atoms with van der Waals surface area (Å²) in [6.45, 7) is 2.33. The predicted molar refractivity (Wildman–Crippen MR) is 98.4 cm³/mol. The fraction of sp³-hybridized carbons (Fsp3) is 0.333. The number of fused-ring (bicyclic) bond motifs is 1. The molecule has 0 aliphatic carbocycles. The molecule has 0 bridgehead atoms. The molecule has 7 heteroatoms. The number of piperidine rings is 1. The molecule has 0 radical (unpaired) electrons. The Morgan fingerprint density at radius 3 is 2.88 bits per heavy atom. The largest absolute Gasteiger partial charge is 0.370 e. The van der Waals surface area contributed by atoms with Gasteiger partial charge in [0.1, 0.15) is 5.52 Å². The number of carbonyl (C=O) groups excluding carboxylic acids is 1. The minimum Gasteiger partial charge on any atom is -0.370 e. The van der Waals surface area contributed by atoms with Gasteiger partial charge in [0.05, 0.1) is 18.4 Å². The average Bonchev–Trinajstić information content (AvgIpc) is 3.19. The zero-order valence-electron chi connectivity index (χ0n) is 13.8. The lowest BCUT2D eigenvalue weighted by molar-refractivity contribution is -0.125. The highest BCUT2D eigenvalue weighted by molar-refractivity contribution is 7.09. The Labute approximate surface area is 149 Å². The summed E-state index contributed by atoms with van der Waals surface area (Å²) < 4.78 is 0. The van der Waals surface area contributed by atoms with Gasteiger partial charge in [-0.3, -0.25) is 9.78 Å². The van der Waals surface area contributed by atoms with Gasteiger partial charge in [0.15, 0.2) is 5.65 Å². The summed E-state index contributed by atoms with van der Waals surface area (Å²) in [7, 11) is 0. The molecule has 1 amide bonds.